The quantitative estimate of drug-likeness (QED) is 0.304. The second-order valence-corrected chi connectivity index (χ2v) is 10.8. The third-order valence-corrected chi connectivity index (χ3v) is 8.12. The molecule has 0 N–H and O–H groups in total. The first-order valence-corrected chi connectivity index (χ1v) is 14.0. The molecule has 1 heterocycles. The number of rotatable bonds is 11. The minimum absolute atomic E-state index is 0.0465. The molecule has 2 aliphatic rings. The van der Waals surface area contributed by atoms with Gasteiger partial charge in [-0.1, -0.05) is 56.0 Å². The molecule has 2 aromatic rings. The predicted molar refractivity (Wildman–Crippen MR) is 144 cm³/mol. The van der Waals surface area contributed by atoms with E-state index in [4.69, 9.17) is 16.3 Å². The smallest absolute Gasteiger partial charge is 0.229 e. The molecule has 1 saturated heterocycles. The van der Waals surface area contributed by atoms with Gasteiger partial charge < -0.3 is 4.74 Å². The molecule has 2 amide bonds. The molecular formula is C30H38ClFN2O3. The van der Waals surface area contributed by atoms with Gasteiger partial charge in [0.1, 0.15) is 18.2 Å². The van der Waals surface area contributed by atoms with E-state index in [1.165, 1.54) is 42.6 Å². The number of carbonyl (C=O) groups excluding carboxylic acids is 2. The highest BCUT2D eigenvalue weighted by atomic mass is 35.5. The first-order valence-electron chi connectivity index (χ1n) is 13.6. The van der Waals surface area contributed by atoms with Gasteiger partial charge in [-0.2, -0.15) is 0 Å². The minimum Gasteiger partial charge on any atom is -0.491 e. The lowest BCUT2D eigenvalue weighted by atomic mass is 9.88. The number of ether oxygens (including phenoxy) is 1. The number of amides is 2. The highest BCUT2D eigenvalue weighted by molar-refractivity contribution is 6.30. The van der Waals surface area contributed by atoms with E-state index in [-0.39, 0.29) is 41.8 Å². The lowest BCUT2D eigenvalue weighted by Crippen LogP contribution is -2.33. The van der Waals surface area contributed by atoms with E-state index in [1.807, 2.05) is 12.1 Å². The van der Waals surface area contributed by atoms with Gasteiger partial charge in [0.05, 0.1) is 11.6 Å². The second kappa shape index (κ2) is 12.9. The van der Waals surface area contributed by atoms with Gasteiger partial charge in [0.15, 0.2) is 0 Å². The van der Waals surface area contributed by atoms with Crippen LogP contribution in [0.5, 0.6) is 5.75 Å². The third kappa shape index (κ3) is 7.11. The standard InChI is InChI=1S/C30H38ClFN2O3/c1-3-24-17-23(9-12-28(24)37-16-15-34-29(35)13-14-30(34)36)20-33(19-22-7-5-4-6-8-22)21(2)25-10-11-26(31)27(32)18-25/h9-12,17-18,21-22H,3-8,13-16,19-20H2,1-2H3/t21-/m1/s1. The fourth-order valence-corrected chi connectivity index (χ4v) is 5.66. The minimum atomic E-state index is -0.379. The molecule has 0 bridgehead atoms. The zero-order valence-corrected chi connectivity index (χ0v) is 22.7. The summed E-state index contributed by atoms with van der Waals surface area (Å²) in [4.78, 5) is 27.5. The number of benzene rings is 2. The largest absolute Gasteiger partial charge is 0.491 e. The van der Waals surface area contributed by atoms with Gasteiger partial charge in [0.25, 0.3) is 0 Å². The fourth-order valence-electron chi connectivity index (χ4n) is 5.55. The lowest BCUT2D eigenvalue weighted by Gasteiger charge is -2.34. The Labute approximate surface area is 224 Å². The van der Waals surface area contributed by atoms with Gasteiger partial charge >= 0.3 is 0 Å². The molecule has 0 spiro atoms. The Morgan fingerprint density at radius 2 is 1.81 bits per heavy atom. The molecule has 1 aliphatic heterocycles. The monoisotopic (exact) mass is 528 g/mol. The summed E-state index contributed by atoms with van der Waals surface area (Å²) in [5.41, 5.74) is 3.21. The van der Waals surface area contributed by atoms with Crippen molar-refractivity contribution in [3.8, 4) is 5.75 Å². The number of halogens is 2. The molecular weight excluding hydrogens is 491 g/mol. The summed E-state index contributed by atoms with van der Waals surface area (Å²) in [5.74, 6) is 0.824. The van der Waals surface area contributed by atoms with Gasteiger partial charge in [0, 0.05) is 32.0 Å². The lowest BCUT2D eigenvalue weighted by molar-refractivity contribution is -0.138. The summed E-state index contributed by atoms with van der Waals surface area (Å²) < 4.78 is 20.3. The van der Waals surface area contributed by atoms with Crippen molar-refractivity contribution >= 4 is 23.4 Å². The van der Waals surface area contributed by atoms with E-state index < -0.39 is 0 Å². The van der Waals surface area contributed by atoms with Crippen LogP contribution in [-0.4, -0.2) is 41.3 Å². The molecule has 200 valence electrons. The number of likely N-dealkylation sites (tertiary alicyclic amines) is 1. The van der Waals surface area contributed by atoms with Crippen molar-refractivity contribution in [1.82, 2.24) is 9.80 Å². The van der Waals surface area contributed by atoms with Crippen LogP contribution < -0.4 is 4.74 Å². The van der Waals surface area contributed by atoms with E-state index in [1.54, 1.807) is 12.1 Å². The molecule has 2 aromatic carbocycles. The number of carbonyl (C=O) groups is 2. The number of hydrogen-bond acceptors (Lipinski definition) is 4. The maximum atomic E-state index is 14.3. The van der Waals surface area contributed by atoms with Crippen molar-refractivity contribution in [1.29, 1.82) is 0 Å². The summed E-state index contributed by atoms with van der Waals surface area (Å²) in [6.45, 7) is 6.54. The van der Waals surface area contributed by atoms with Crippen LogP contribution in [0.3, 0.4) is 0 Å². The van der Waals surface area contributed by atoms with Crippen LogP contribution in [0.2, 0.25) is 5.02 Å². The Bertz CT molecular complexity index is 1090. The molecule has 2 fully saturated rings. The molecule has 0 unspecified atom stereocenters. The predicted octanol–water partition coefficient (Wildman–Crippen LogP) is 6.71. The van der Waals surface area contributed by atoms with E-state index in [9.17, 15) is 14.0 Å². The van der Waals surface area contributed by atoms with Crippen molar-refractivity contribution in [2.45, 2.75) is 77.8 Å². The van der Waals surface area contributed by atoms with E-state index >= 15 is 0 Å². The van der Waals surface area contributed by atoms with Crippen LogP contribution in [0, 0.1) is 11.7 Å². The highest BCUT2D eigenvalue weighted by Gasteiger charge is 2.28. The SMILES string of the molecule is CCc1cc(CN(CC2CCCCC2)[C@H](C)c2ccc(Cl)c(F)c2)ccc1OCCN1C(=O)CCC1=O. The number of aryl methyl sites for hydroxylation is 1. The summed E-state index contributed by atoms with van der Waals surface area (Å²) >= 11 is 5.95. The first kappa shape index (κ1) is 27.6. The average molecular weight is 529 g/mol. The Balaban J connectivity index is 1.46. The summed E-state index contributed by atoms with van der Waals surface area (Å²) in [6, 6.07) is 11.4. The summed E-state index contributed by atoms with van der Waals surface area (Å²) in [7, 11) is 0. The van der Waals surface area contributed by atoms with Crippen molar-refractivity contribution in [2.75, 3.05) is 19.7 Å². The van der Waals surface area contributed by atoms with Crippen LogP contribution >= 0.6 is 11.6 Å². The maximum absolute atomic E-state index is 14.3. The Morgan fingerprint density at radius 3 is 2.49 bits per heavy atom. The van der Waals surface area contributed by atoms with Crippen LogP contribution in [0.25, 0.3) is 0 Å². The molecule has 0 aromatic heterocycles. The Kier molecular flexibility index (Phi) is 9.60. The molecule has 1 saturated carbocycles. The van der Waals surface area contributed by atoms with Gasteiger partial charge in [-0.3, -0.25) is 19.4 Å². The highest BCUT2D eigenvalue weighted by Crippen LogP contribution is 2.31. The average Bonchev–Trinajstić information content (AvgIpc) is 3.23. The van der Waals surface area contributed by atoms with Crippen LogP contribution in [0.1, 0.15) is 81.5 Å². The zero-order valence-electron chi connectivity index (χ0n) is 22.0. The molecule has 1 atom stereocenters. The summed E-state index contributed by atoms with van der Waals surface area (Å²) in [6.07, 6.45) is 7.77. The van der Waals surface area contributed by atoms with Crippen molar-refractivity contribution in [3.05, 3.63) is 63.9 Å². The number of hydrogen-bond donors (Lipinski definition) is 0. The molecule has 0 radical (unpaired) electrons. The zero-order chi connectivity index (χ0) is 26.4. The van der Waals surface area contributed by atoms with E-state index in [0.29, 0.717) is 18.8 Å². The molecule has 37 heavy (non-hydrogen) atoms. The van der Waals surface area contributed by atoms with Gasteiger partial charge in [-0.15, -0.1) is 0 Å². The number of imide groups is 1. The molecule has 5 nitrogen and oxygen atoms in total. The normalized spacial score (nSPS) is 17.6. The number of nitrogens with zero attached hydrogens (tertiary/aromatic N) is 2. The van der Waals surface area contributed by atoms with E-state index in [0.717, 1.165) is 36.4 Å². The van der Waals surface area contributed by atoms with Crippen molar-refractivity contribution in [3.63, 3.8) is 0 Å². The van der Waals surface area contributed by atoms with E-state index in [2.05, 4.69) is 30.9 Å². The third-order valence-electron chi connectivity index (χ3n) is 7.81. The molecule has 1 aliphatic carbocycles. The van der Waals surface area contributed by atoms with Crippen LogP contribution in [0.15, 0.2) is 36.4 Å². The molecule has 4 rings (SSSR count). The topological polar surface area (TPSA) is 49.9 Å². The fraction of sp³-hybridized carbons (Fsp3) is 0.533. The second-order valence-electron chi connectivity index (χ2n) is 10.4. The van der Waals surface area contributed by atoms with Crippen molar-refractivity contribution in [2.24, 2.45) is 5.92 Å². The molecule has 7 heteroatoms. The van der Waals surface area contributed by atoms with Crippen LogP contribution in [-0.2, 0) is 22.6 Å². The van der Waals surface area contributed by atoms with Gasteiger partial charge in [-0.25, -0.2) is 4.39 Å². The Morgan fingerprint density at radius 1 is 1.08 bits per heavy atom. The first-order chi connectivity index (χ1) is 17.9. The van der Waals surface area contributed by atoms with Gasteiger partial charge in [0.2, 0.25) is 11.8 Å². The maximum Gasteiger partial charge on any atom is 0.229 e. The van der Waals surface area contributed by atoms with Crippen LogP contribution in [0.4, 0.5) is 4.39 Å². The van der Waals surface area contributed by atoms with Crippen molar-refractivity contribution < 1.29 is 18.7 Å². The Hall–Kier alpha value is -2.44. The van der Waals surface area contributed by atoms with Gasteiger partial charge in [-0.05, 0) is 67.0 Å². The summed E-state index contributed by atoms with van der Waals surface area (Å²) in [5, 5.41) is 0.149.